The molecule has 3 heterocycles. The summed E-state index contributed by atoms with van der Waals surface area (Å²) in [5, 5.41) is 5.40. The number of pyridine rings is 1. The number of nitrogens with one attached hydrogen (secondary N) is 2. The van der Waals surface area contributed by atoms with Crippen molar-refractivity contribution in [1.82, 2.24) is 15.4 Å². The predicted molar refractivity (Wildman–Crippen MR) is 138 cm³/mol. The van der Waals surface area contributed by atoms with E-state index < -0.39 is 0 Å². The van der Waals surface area contributed by atoms with E-state index in [2.05, 4.69) is 38.5 Å². The van der Waals surface area contributed by atoms with E-state index in [1.54, 1.807) is 13.3 Å². The number of carbonyl (C=O) groups excluding carboxylic acids is 1. The molecule has 2 aliphatic rings. The summed E-state index contributed by atoms with van der Waals surface area (Å²) in [5.74, 6) is 0.747. The molecule has 10 heteroatoms. The van der Waals surface area contributed by atoms with Crippen LogP contribution in [0.5, 0.6) is 5.75 Å². The summed E-state index contributed by atoms with van der Waals surface area (Å²) in [4.78, 5) is 22.2. The van der Waals surface area contributed by atoms with Gasteiger partial charge >= 0.3 is 0 Å². The number of rotatable bonds is 8. The number of hydrogen-bond acceptors (Lipinski definition) is 8. The molecule has 0 atom stereocenters. The number of morpholine rings is 1. The zero-order valence-electron chi connectivity index (χ0n) is 20.0. The summed E-state index contributed by atoms with van der Waals surface area (Å²) in [6, 6.07) is 8.12. The first-order valence-electron chi connectivity index (χ1n) is 11.7. The fraction of sp³-hybridized carbons (Fsp3) is 0.500. The first kappa shape index (κ1) is 25.9. The van der Waals surface area contributed by atoms with Crippen LogP contribution in [-0.4, -0.2) is 82.0 Å². The maximum absolute atomic E-state index is 13.1. The van der Waals surface area contributed by atoms with E-state index in [0.717, 1.165) is 62.0 Å². The van der Waals surface area contributed by atoms with Crippen molar-refractivity contribution in [3.63, 3.8) is 0 Å². The van der Waals surface area contributed by atoms with E-state index in [0.29, 0.717) is 31.9 Å². The van der Waals surface area contributed by atoms with Gasteiger partial charge in [-0.3, -0.25) is 15.2 Å². The number of benzene rings is 1. The Labute approximate surface area is 207 Å². The fourth-order valence-electron chi connectivity index (χ4n) is 4.26. The van der Waals surface area contributed by atoms with Gasteiger partial charge in [0, 0.05) is 52.0 Å². The van der Waals surface area contributed by atoms with Crippen LogP contribution >= 0.6 is 12.4 Å². The summed E-state index contributed by atoms with van der Waals surface area (Å²) in [6.45, 7) is 8.89. The van der Waals surface area contributed by atoms with E-state index in [9.17, 15) is 4.79 Å². The molecule has 0 aliphatic carbocycles. The number of nitrogens with zero attached hydrogens (tertiary/aromatic N) is 4. The Kier molecular flexibility index (Phi) is 9.62. The number of piperazine rings is 1. The average molecular weight is 491 g/mol. The molecular formula is C24H35ClN6O3. The topological polar surface area (TPSA) is 82.2 Å². The van der Waals surface area contributed by atoms with Crippen molar-refractivity contribution in [3.8, 4) is 5.75 Å². The van der Waals surface area contributed by atoms with Crippen LogP contribution in [-0.2, 0) is 4.74 Å². The Morgan fingerprint density at radius 3 is 2.38 bits per heavy atom. The molecule has 0 spiro atoms. The number of amides is 1. The lowest BCUT2D eigenvalue weighted by Gasteiger charge is -2.38. The van der Waals surface area contributed by atoms with E-state index in [1.807, 2.05) is 29.4 Å². The third-order valence-electron chi connectivity index (χ3n) is 6.04. The fourth-order valence-corrected chi connectivity index (χ4v) is 4.26. The summed E-state index contributed by atoms with van der Waals surface area (Å²) in [6.07, 6.45) is 4.48. The second-order valence-electron chi connectivity index (χ2n) is 8.19. The van der Waals surface area contributed by atoms with Crippen LogP contribution < -0.4 is 25.3 Å². The molecule has 4 rings (SSSR count). The highest BCUT2D eigenvalue weighted by molar-refractivity contribution is 6.02. The minimum Gasteiger partial charge on any atom is -0.495 e. The predicted octanol–water partition coefficient (Wildman–Crippen LogP) is 2.64. The first-order valence-corrected chi connectivity index (χ1v) is 11.7. The SMILES string of the molecule is CCCNc1c(C(=O)NN2CCOCC2)cncc1N1CCN(c2ccccc2OC)CC1.Cl. The number of ether oxygens (including phenoxy) is 2. The lowest BCUT2D eigenvalue weighted by atomic mass is 10.1. The number of carbonyl (C=O) groups is 1. The molecule has 2 fully saturated rings. The second kappa shape index (κ2) is 12.6. The quantitative estimate of drug-likeness (QED) is 0.584. The van der Waals surface area contributed by atoms with Crippen molar-refractivity contribution in [2.45, 2.75) is 13.3 Å². The molecular weight excluding hydrogens is 456 g/mol. The van der Waals surface area contributed by atoms with Crippen molar-refractivity contribution in [3.05, 3.63) is 42.2 Å². The minimum absolute atomic E-state index is 0. The molecule has 1 aromatic heterocycles. The third kappa shape index (κ3) is 6.02. The zero-order valence-corrected chi connectivity index (χ0v) is 20.8. The first-order chi connectivity index (χ1) is 16.2. The van der Waals surface area contributed by atoms with Gasteiger partial charge in [0.25, 0.3) is 5.91 Å². The highest BCUT2D eigenvalue weighted by Crippen LogP contribution is 2.32. The molecule has 34 heavy (non-hydrogen) atoms. The van der Waals surface area contributed by atoms with Crippen molar-refractivity contribution in [1.29, 1.82) is 0 Å². The summed E-state index contributed by atoms with van der Waals surface area (Å²) in [5.41, 5.74) is 6.52. The number of para-hydroxylation sites is 2. The summed E-state index contributed by atoms with van der Waals surface area (Å²) >= 11 is 0. The maximum Gasteiger partial charge on any atom is 0.269 e. The van der Waals surface area contributed by atoms with Crippen molar-refractivity contribution < 1.29 is 14.3 Å². The maximum atomic E-state index is 13.1. The molecule has 2 saturated heterocycles. The van der Waals surface area contributed by atoms with E-state index >= 15 is 0 Å². The zero-order chi connectivity index (χ0) is 23.0. The van der Waals surface area contributed by atoms with Gasteiger partial charge in [-0.25, -0.2) is 5.01 Å². The van der Waals surface area contributed by atoms with Crippen LogP contribution in [0.3, 0.4) is 0 Å². The number of halogens is 1. The van der Waals surface area contributed by atoms with Gasteiger partial charge in [-0.2, -0.15) is 0 Å². The van der Waals surface area contributed by atoms with Crippen molar-refractivity contribution >= 4 is 35.4 Å². The Bertz CT molecular complexity index is 933. The van der Waals surface area contributed by atoms with Gasteiger partial charge in [-0.05, 0) is 18.6 Å². The van der Waals surface area contributed by atoms with Crippen LogP contribution in [0.2, 0.25) is 0 Å². The molecule has 2 aliphatic heterocycles. The van der Waals surface area contributed by atoms with Gasteiger partial charge in [0.2, 0.25) is 0 Å². The normalized spacial score (nSPS) is 16.5. The van der Waals surface area contributed by atoms with Crippen LogP contribution in [0.15, 0.2) is 36.7 Å². The van der Waals surface area contributed by atoms with Gasteiger partial charge < -0.3 is 24.6 Å². The molecule has 2 aromatic rings. The monoisotopic (exact) mass is 490 g/mol. The van der Waals surface area contributed by atoms with E-state index in [1.165, 1.54) is 0 Å². The molecule has 2 N–H and O–H groups in total. The molecule has 0 radical (unpaired) electrons. The van der Waals surface area contributed by atoms with Crippen LogP contribution in [0.25, 0.3) is 0 Å². The highest BCUT2D eigenvalue weighted by atomic mass is 35.5. The number of aromatic nitrogens is 1. The standard InChI is InChI=1S/C24H34N6O3.ClH/c1-3-8-26-23-19(24(31)27-30-13-15-33-16-14-30)17-25-18-21(23)29-11-9-28(10-12-29)20-6-4-5-7-22(20)32-2;/h4-7,17-18H,3,8-16H2,1-2H3,(H,25,26)(H,27,31);1H. The number of anilines is 3. The Morgan fingerprint density at radius 1 is 1.03 bits per heavy atom. The Morgan fingerprint density at radius 2 is 1.71 bits per heavy atom. The summed E-state index contributed by atoms with van der Waals surface area (Å²) in [7, 11) is 1.71. The average Bonchev–Trinajstić information content (AvgIpc) is 2.88. The van der Waals surface area contributed by atoms with E-state index in [-0.39, 0.29) is 18.3 Å². The summed E-state index contributed by atoms with van der Waals surface area (Å²) < 4.78 is 10.9. The van der Waals surface area contributed by atoms with Gasteiger partial charge in [-0.15, -0.1) is 12.4 Å². The second-order valence-corrected chi connectivity index (χ2v) is 8.19. The number of hydrogen-bond donors (Lipinski definition) is 2. The van der Waals surface area contributed by atoms with Gasteiger partial charge in [0.05, 0.1) is 49.1 Å². The number of methoxy groups -OCH3 is 1. The van der Waals surface area contributed by atoms with E-state index in [4.69, 9.17) is 9.47 Å². The molecule has 0 bridgehead atoms. The number of hydrazine groups is 1. The molecule has 9 nitrogen and oxygen atoms in total. The molecule has 1 amide bonds. The Balaban J connectivity index is 0.00000324. The molecule has 1 aromatic carbocycles. The highest BCUT2D eigenvalue weighted by Gasteiger charge is 2.25. The smallest absolute Gasteiger partial charge is 0.269 e. The van der Waals surface area contributed by atoms with Crippen molar-refractivity contribution in [2.24, 2.45) is 0 Å². The largest absolute Gasteiger partial charge is 0.495 e. The third-order valence-corrected chi connectivity index (χ3v) is 6.04. The lowest BCUT2D eigenvalue weighted by molar-refractivity contribution is 0.0126. The molecule has 0 saturated carbocycles. The minimum atomic E-state index is -0.141. The van der Waals surface area contributed by atoms with Gasteiger partial charge in [-0.1, -0.05) is 19.1 Å². The van der Waals surface area contributed by atoms with Crippen LogP contribution in [0, 0.1) is 0 Å². The van der Waals surface area contributed by atoms with Crippen molar-refractivity contribution in [2.75, 3.05) is 81.3 Å². The van der Waals surface area contributed by atoms with Crippen LogP contribution in [0.1, 0.15) is 23.7 Å². The Hall–Kier alpha value is -2.75. The van der Waals surface area contributed by atoms with Gasteiger partial charge in [0.15, 0.2) is 0 Å². The molecule has 186 valence electrons. The van der Waals surface area contributed by atoms with Crippen LogP contribution in [0.4, 0.5) is 17.1 Å². The molecule has 0 unspecified atom stereocenters. The van der Waals surface area contributed by atoms with Gasteiger partial charge in [0.1, 0.15) is 5.75 Å². The lowest BCUT2D eigenvalue weighted by Crippen LogP contribution is -2.49.